The number of carbonyl (C=O) groups excluding carboxylic acids is 1. The molecule has 0 aliphatic rings. The van der Waals surface area contributed by atoms with E-state index in [-0.39, 0.29) is 17.8 Å². The van der Waals surface area contributed by atoms with Gasteiger partial charge >= 0.3 is 5.97 Å². The number of rotatable bonds is 6. The summed E-state index contributed by atoms with van der Waals surface area (Å²) in [5, 5.41) is 12.7. The van der Waals surface area contributed by atoms with Gasteiger partial charge < -0.3 is 15.2 Å². The standard InChI is InChI=1S/C18H22N2O3/c1-18(2,17(22)23-3)16(15-6-4-5-11-19-15)20-12-13-7-9-14(21)10-8-13/h4-11,16,20-21H,12H2,1-3H3. The molecule has 0 spiro atoms. The highest BCUT2D eigenvalue weighted by molar-refractivity contribution is 5.77. The van der Waals surface area contributed by atoms with E-state index in [1.165, 1.54) is 7.11 Å². The van der Waals surface area contributed by atoms with Crippen molar-refractivity contribution in [2.45, 2.75) is 26.4 Å². The maximum atomic E-state index is 12.2. The van der Waals surface area contributed by atoms with E-state index in [1.807, 2.05) is 44.2 Å². The number of phenolic OH excluding ortho intramolecular Hbond substituents is 1. The molecule has 5 nitrogen and oxygen atoms in total. The Bertz CT molecular complexity index is 639. The number of hydrogen-bond acceptors (Lipinski definition) is 5. The predicted octanol–water partition coefficient (Wildman–Crippen LogP) is 2.82. The zero-order valence-corrected chi connectivity index (χ0v) is 13.6. The van der Waals surface area contributed by atoms with E-state index in [4.69, 9.17) is 4.74 Å². The number of aromatic hydroxyl groups is 1. The van der Waals surface area contributed by atoms with Gasteiger partial charge in [0.2, 0.25) is 0 Å². The third kappa shape index (κ3) is 4.07. The van der Waals surface area contributed by atoms with Crippen LogP contribution >= 0.6 is 0 Å². The van der Waals surface area contributed by atoms with Crippen molar-refractivity contribution < 1.29 is 14.6 Å². The molecule has 1 aromatic heterocycles. The monoisotopic (exact) mass is 314 g/mol. The molecule has 2 rings (SSSR count). The Labute approximate surface area is 136 Å². The summed E-state index contributed by atoms with van der Waals surface area (Å²) in [6, 6.07) is 12.3. The molecule has 1 atom stereocenters. The first-order valence-corrected chi connectivity index (χ1v) is 7.46. The van der Waals surface area contributed by atoms with Crippen LogP contribution in [-0.4, -0.2) is 23.2 Å². The van der Waals surface area contributed by atoms with Crippen molar-refractivity contribution in [3.8, 4) is 5.75 Å². The zero-order chi connectivity index (χ0) is 16.9. The smallest absolute Gasteiger partial charge is 0.313 e. The molecule has 122 valence electrons. The Balaban J connectivity index is 2.23. The minimum absolute atomic E-state index is 0.227. The van der Waals surface area contributed by atoms with Crippen LogP contribution in [0.4, 0.5) is 0 Å². The van der Waals surface area contributed by atoms with Crippen molar-refractivity contribution in [1.29, 1.82) is 0 Å². The first-order valence-electron chi connectivity index (χ1n) is 7.46. The topological polar surface area (TPSA) is 71.5 Å². The van der Waals surface area contributed by atoms with Crippen LogP contribution in [0.5, 0.6) is 5.75 Å². The molecule has 1 unspecified atom stereocenters. The lowest BCUT2D eigenvalue weighted by Crippen LogP contribution is -2.40. The van der Waals surface area contributed by atoms with Crippen LogP contribution in [0.25, 0.3) is 0 Å². The Kier molecular flexibility index (Phi) is 5.34. The second-order valence-electron chi connectivity index (χ2n) is 5.95. The number of hydrogen-bond donors (Lipinski definition) is 2. The fourth-order valence-electron chi connectivity index (χ4n) is 2.49. The Morgan fingerprint density at radius 3 is 2.52 bits per heavy atom. The average Bonchev–Trinajstić information content (AvgIpc) is 2.56. The molecule has 0 saturated heterocycles. The van der Waals surface area contributed by atoms with Crippen LogP contribution in [0.1, 0.15) is 31.1 Å². The van der Waals surface area contributed by atoms with Crippen molar-refractivity contribution in [3.05, 3.63) is 59.9 Å². The highest BCUT2D eigenvalue weighted by Crippen LogP contribution is 2.34. The highest BCUT2D eigenvalue weighted by Gasteiger charge is 2.39. The van der Waals surface area contributed by atoms with E-state index in [1.54, 1.807) is 18.3 Å². The minimum Gasteiger partial charge on any atom is -0.508 e. The molecule has 0 aliphatic heterocycles. The third-order valence-electron chi connectivity index (χ3n) is 3.86. The summed E-state index contributed by atoms with van der Waals surface area (Å²) in [6.07, 6.45) is 1.71. The molecule has 0 fully saturated rings. The van der Waals surface area contributed by atoms with E-state index in [0.29, 0.717) is 6.54 Å². The molecule has 2 aromatic rings. The lowest BCUT2D eigenvalue weighted by molar-refractivity contribution is -0.152. The molecule has 0 aliphatic carbocycles. The summed E-state index contributed by atoms with van der Waals surface area (Å²) in [7, 11) is 1.39. The molecule has 0 radical (unpaired) electrons. The molecule has 1 aromatic carbocycles. The first kappa shape index (κ1) is 17.0. The van der Waals surface area contributed by atoms with Gasteiger partial charge in [-0.15, -0.1) is 0 Å². The molecular weight excluding hydrogens is 292 g/mol. The average molecular weight is 314 g/mol. The van der Waals surface area contributed by atoms with E-state index in [9.17, 15) is 9.90 Å². The summed E-state index contributed by atoms with van der Waals surface area (Å²) in [4.78, 5) is 16.6. The van der Waals surface area contributed by atoms with Crippen LogP contribution in [-0.2, 0) is 16.1 Å². The largest absolute Gasteiger partial charge is 0.508 e. The maximum absolute atomic E-state index is 12.2. The van der Waals surface area contributed by atoms with Crippen LogP contribution in [0.2, 0.25) is 0 Å². The molecule has 2 N–H and O–H groups in total. The number of nitrogens with one attached hydrogen (secondary N) is 1. The van der Waals surface area contributed by atoms with Crippen molar-refractivity contribution >= 4 is 5.97 Å². The Morgan fingerprint density at radius 2 is 1.96 bits per heavy atom. The number of phenols is 1. The van der Waals surface area contributed by atoms with Crippen LogP contribution in [0.15, 0.2) is 48.7 Å². The van der Waals surface area contributed by atoms with Crippen molar-refractivity contribution in [1.82, 2.24) is 10.3 Å². The summed E-state index contributed by atoms with van der Waals surface area (Å²) in [5.74, 6) is -0.0729. The van der Waals surface area contributed by atoms with Crippen LogP contribution in [0, 0.1) is 5.41 Å². The lowest BCUT2D eigenvalue weighted by Gasteiger charge is -2.32. The number of nitrogens with zero attached hydrogens (tertiary/aromatic N) is 1. The van der Waals surface area contributed by atoms with Gasteiger partial charge in [0.25, 0.3) is 0 Å². The van der Waals surface area contributed by atoms with E-state index < -0.39 is 5.41 Å². The lowest BCUT2D eigenvalue weighted by atomic mass is 9.82. The quantitative estimate of drug-likeness (QED) is 0.802. The summed E-state index contributed by atoms with van der Waals surface area (Å²) >= 11 is 0. The number of benzene rings is 1. The van der Waals surface area contributed by atoms with E-state index in [2.05, 4.69) is 10.3 Å². The predicted molar refractivity (Wildman–Crippen MR) is 87.7 cm³/mol. The number of methoxy groups -OCH3 is 1. The van der Waals surface area contributed by atoms with Gasteiger partial charge in [-0.1, -0.05) is 18.2 Å². The number of esters is 1. The normalized spacial score (nSPS) is 12.7. The third-order valence-corrected chi connectivity index (χ3v) is 3.86. The van der Waals surface area contributed by atoms with Crippen LogP contribution in [0.3, 0.4) is 0 Å². The second-order valence-corrected chi connectivity index (χ2v) is 5.95. The number of carbonyl (C=O) groups is 1. The van der Waals surface area contributed by atoms with Gasteiger partial charge in [-0.25, -0.2) is 0 Å². The molecule has 5 heteroatoms. The molecule has 0 bridgehead atoms. The zero-order valence-electron chi connectivity index (χ0n) is 13.6. The minimum atomic E-state index is -0.778. The maximum Gasteiger partial charge on any atom is 0.313 e. The summed E-state index contributed by atoms with van der Waals surface area (Å²) < 4.78 is 4.95. The SMILES string of the molecule is COC(=O)C(C)(C)C(NCc1ccc(O)cc1)c1ccccn1. The van der Waals surface area contributed by atoms with E-state index in [0.717, 1.165) is 11.3 Å². The van der Waals surface area contributed by atoms with Gasteiger partial charge in [-0.2, -0.15) is 0 Å². The second kappa shape index (κ2) is 7.24. The van der Waals surface area contributed by atoms with Crippen molar-refractivity contribution in [3.63, 3.8) is 0 Å². The fraction of sp³-hybridized carbons (Fsp3) is 0.333. The number of ether oxygens (including phenoxy) is 1. The summed E-state index contributed by atoms with van der Waals surface area (Å²) in [6.45, 7) is 4.21. The fourth-order valence-corrected chi connectivity index (χ4v) is 2.49. The van der Waals surface area contributed by atoms with Gasteiger partial charge in [0.1, 0.15) is 5.75 Å². The molecular formula is C18H22N2O3. The first-order chi connectivity index (χ1) is 10.9. The van der Waals surface area contributed by atoms with Gasteiger partial charge in [-0.05, 0) is 43.7 Å². The summed E-state index contributed by atoms with van der Waals surface area (Å²) in [5.41, 5.74) is 1.01. The van der Waals surface area contributed by atoms with Crippen molar-refractivity contribution in [2.75, 3.05) is 7.11 Å². The molecule has 0 saturated carbocycles. The van der Waals surface area contributed by atoms with Gasteiger partial charge in [-0.3, -0.25) is 9.78 Å². The highest BCUT2D eigenvalue weighted by atomic mass is 16.5. The molecule has 1 heterocycles. The van der Waals surface area contributed by atoms with Crippen LogP contribution < -0.4 is 5.32 Å². The van der Waals surface area contributed by atoms with Gasteiger partial charge in [0, 0.05) is 12.7 Å². The van der Waals surface area contributed by atoms with Gasteiger partial charge in [0.15, 0.2) is 0 Å². The Morgan fingerprint density at radius 1 is 1.26 bits per heavy atom. The van der Waals surface area contributed by atoms with Gasteiger partial charge in [0.05, 0.1) is 24.3 Å². The molecule has 0 amide bonds. The number of pyridine rings is 1. The number of aromatic nitrogens is 1. The van der Waals surface area contributed by atoms with E-state index >= 15 is 0 Å². The molecule has 23 heavy (non-hydrogen) atoms. The Hall–Kier alpha value is -2.40. The van der Waals surface area contributed by atoms with Crippen molar-refractivity contribution in [2.24, 2.45) is 5.41 Å².